The molecule has 31 heavy (non-hydrogen) atoms. The van der Waals surface area contributed by atoms with Crippen LogP contribution in [-0.2, 0) is 6.54 Å². The van der Waals surface area contributed by atoms with Crippen molar-refractivity contribution in [2.45, 2.75) is 6.54 Å². The molecule has 0 spiro atoms. The van der Waals surface area contributed by atoms with Gasteiger partial charge in [-0.05, 0) is 11.6 Å². The minimum absolute atomic E-state index is 0.619. The molecule has 9 heteroatoms. The highest BCUT2D eigenvalue weighted by atomic mass is 16.5. The Bertz CT molecular complexity index is 1260. The van der Waals surface area contributed by atoms with E-state index in [0.717, 1.165) is 67.3 Å². The smallest absolute Gasteiger partial charge is 0.222 e. The standard InChI is InChI=1S/C22H24N8O/c1-28-11-12-31-20-18(28)13-24-30-21(26-27-22(20)30)17-6-5-15-3-2-4-16(19(15)25-17)14-29-9-7-23-8-10-29/h2-6,13,23H,7-12,14H2,1H3. The summed E-state index contributed by atoms with van der Waals surface area (Å²) in [5.74, 6) is 1.34. The number of anilines is 1. The monoisotopic (exact) mass is 416 g/mol. The van der Waals surface area contributed by atoms with E-state index >= 15 is 0 Å². The number of nitrogens with one attached hydrogen (secondary N) is 1. The first-order chi connectivity index (χ1) is 15.3. The van der Waals surface area contributed by atoms with Gasteiger partial charge in [-0.1, -0.05) is 24.3 Å². The fourth-order valence-corrected chi connectivity index (χ4v) is 4.36. The van der Waals surface area contributed by atoms with E-state index in [2.05, 4.69) is 54.7 Å². The van der Waals surface area contributed by atoms with Gasteiger partial charge in [-0.2, -0.15) is 9.61 Å². The zero-order chi connectivity index (χ0) is 20.8. The summed E-state index contributed by atoms with van der Waals surface area (Å²) in [6, 6.07) is 10.5. The van der Waals surface area contributed by atoms with E-state index in [1.54, 1.807) is 4.52 Å². The van der Waals surface area contributed by atoms with E-state index in [1.165, 1.54) is 5.56 Å². The van der Waals surface area contributed by atoms with Crippen molar-refractivity contribution in [3.63, 3.8) is 0 Å². The second-order valence-electron chi connectivity index (χ2n) is 8.10. The van der Waals surface area contributed by atoms with Crippen LogP contribution in [0, 0.1) is 0 Å². The second-order valence-corrected chi connectivity index (χ2v) is 8.10. The maximum atomic E-state index is 5.89. The predicted molar refractivity (Wildman–Crippen MR) is 118 cm³/mol. The molecule has 2 aliphatic rings. The summed E-state index contributed by atoms with van der Waals surface area (Å²) < 4.78 is 7.62. The van der Waals surface area contributed by atoms with Crippen molar-refractivity contribution in [1.82, 2.24) is 35.0 Å². The lowest BCUT2D eigenvalue weighted by Crippen LogP contribution is -2.42. The molecule has 6 rings (SSSR count). The topological polar surface area (TPSA) is 83.7 Å². The van der Waals surface area contributed by atoms with Gasteiger partial charge < -0.3 is 15.0 Å². The van der Waals surface area contributed by atoms with Gasteiger partial charge in [-0.3, -0.25) is 4.90 Å². The van der Waals surface area contributed by atoms with Crippen LogP contribution in [-0.4, -0.2) is 76.1 Å². The zero-order valence-electron chi connectivity index (χ0n) is 17.5. The predicted octanol–water partition coefficient (Wildman–Crippen LogP) is 1.57. The number of aromatic nitrogens is 5. The van der Waals surface area contributed by atoms with E-state index in [0.29, 0.717) is 18.1 Å². The first-order valence-electron chi connectivity index (χ1n) is 10.7. The molecular weight excluding hydrogens is 392 g/mol. The van der Waals surface area contributed by atoms with E-state index in [9.17, 15) is 0 Å². The molecule has 4 aromatic rings. The largest absolute Gasteiger partial charge is 0.486 e. The summed E-state index contributed by atoms with van der Waals surface area (Å²) in [7, 11) is 2.03. The molecule has 158 valence electrons. The van der Waals surface area contributed by atoms with E-state index in [4.69, 9.17) is 9.72 Å². The lowest BCUT2D eigenvalue weighted by atomic mass is 10.1. The second kappa shape index (κ2) is 7.44. The molecule has 0 amide bonds. The van der Waals surface area contributed by atoms with Crippen molar-refractivity contribution < 1.29 is 4.74 Å². The normalized spacial score (nSPS) is 17.1. The average molecular weight is 416 g/mol. The van der Waals surface area contributed by atoms with Gasteiger partial charge in [0.1, 0.15) is 18.0 Å². The lowest BCUT2D eigenvalue weighted by molar-refractivity contribution is 0.234. The van der Waals surface area contributed by atoms with Crippen molar-refractivity contribution in [2.75, 3.05) is 51.3 Å². The maximum absolute atomic E-state index is 5.89. The number of pyridine rings is 1. The van der Waals surface area contributed by atoms with E-state index < -0.39 is 0 Å². The van der Waals surface area contributed by atoms with Crippen LogP contribution in [0.4, 0.5) is 5.69 Å². The molecule has 1 fully saturated rings. The third-order valence-electron chi connectivity index (χ3n) is 6.09. The molecule has 2 aliphatic heterocycles. The molecule has 0 bridgehead atoms. The van der Waals surface area contributed by atoms with Crippen molar-refractivity contribution in [1.29, 1.82) is 0 Å². The summed E-state index contributed by atoms with van der Waals surface area (Å²) in [6.45, 7) is 6.50. The molecule has 0 saturated carbocycles. The van der Waals surface area contributed by atoms with Crippen LogP contribution >= 0.6 is 0 Å². The van der Waals surface area contributed by atoms with Crippen LogP contribution in [0.1, 0.15) is 5.56 Å². The highest BCUT2D eigenvalue weighted by Crippen LogP contribution is 2.34. The number of para-hydroxylation sites is 1. The Kier molecular flexibility index (Phi) is 4.43. The number of hydrogen-bond donors (Lipinski definition) is 1. The van der Waals surface area contributed by atoms with Crippen LogP contribution in [0.2, 0.25) is 0 Å². The van der Waals surface area contributed by atoms with Gasteiger partial charge in [-0.15, -0.1) is 10.2 Å². The highest BCUT2D eigenvalue weighted by Gasteiger charge is 2.23. The summed E-state index contributed by atoms with van der Waals surface area (Å²) in [6.07, 6.45) is 1.81. The average Bonchev–Trinajstić information content (AvgIpc) is 3.25. The number of benzene rings is 1. The minimum atomic E-state index is 0.619. The quantitative estimate of drug-likeness (QED) is 0.539. The summed E-state index contributed by atoms with van der Waals surface area (Å²) in [5.41, 5.74) is 4.54. The molecule has 9 nitrogen and oxygen atoms in total. The van der Waals surface area contributed by atoms with Crippen LogP contribution in [0.3, 0.4) is 0 Å². The Hall–Kier alpha value is -3.30. The van der Waals surface area contributed by atoms with Gasteiger partial charge in [0.05, 0.1) is 18.3 Å². The van der Waals surface area contributed by atoms with Crippen molar-refractivity contribution >= 4 is 22.2 Å². The lowest BCUT2D eigenvalue weighted by Gasteiger charge is -2.27. The van der Waals surface area contributed by atoms with Crippen molar-refractivity contribution in [3.05, 3.63) is 42.1 Å². The van der Waals surface area contributed by atoms with Gasteiger partial charge in [0.2, 0.25) is 11.5 Å². The first kappa shape index (κ1) is 18.5. The van der Waals surface area contributed by atoms with Crippen molar-refractivity contribution in [3.8, 4) is 17.3 Å². The van der Waals surface area contributed by atoms with Gasteiger partial charge in [-0.25, -0.2) is 4.98 Å². The Balaban J connectivity index is 1.43. The fourth-order valence-electron chi connectivity index (χ4n) is 4.36. The van der Waals surface area contributed by atoms with Gasteiger partial charge >= 0.3 is 0 Å². The molecule has 0 unspecified atom stereocenters. The van der Waals surface area contributed by atoms with Crippen molar-refractivity contribution in [2.24, 2.45) is 0 Å². The highest BCUT2D eigenvalue weighted by molar-refractivity contribution is 5.84. The van der Waals surface area contributed by atoms with Crippen LogP contribution in [0.15, 0.2) is 36.5 Å². The Morgan fingerprint density at radius 2 is 1.97 bits per heavy atom. The number of fused-ring (bicyclic) bond motifs is 4. The van der Waals surface area contributed by atoms with Gasteiger partial charge in [0.15, 0.2) is 5.75 Å². The molecule has 0 radical (unpaired) electrons. The maximum Gasteiger partial charge on any atom is 0.222 e. The number of hydrogen-bond acceptors (Lipinski definition) is 8. The van der Waals surface area contributed by atoms with Crippen LogP contribution < -0.4 is 15.0 Å². The number of ether oxygens (including phenoxy) is 1. The molecular formula is C22H24N8O. The minimum Gasteiger partial charge on any atom is -0.486 e. The summed E-state index contributed by atoms with van der Waals surface area (Å²) in [5, 5.41) is 17.9. The molecule has 1 N–H and O–H groups in total. The van der Waals surface area contributed by atoms with E-state index in [-0.39, 0.29) is 0 Å². The number of nitrogens with zero attached hydrogens (tertiary/aromatic N) is 7. The Labute approximate surface area is 179 Å². The molecule has 1 aromatic carbocycles. The van der Waals surface area contributed by atoms with Crippen LogP contribution in [0.5, 0.6) is 5.75 Å². The summed E-state index contributed by atoms with van der Waals surface area (Å²) in [4.78, 5) is 9.59. The number of rotatable bonds is 3. The third-order valence-corrected chi connectivity index (χ3v) is 6.09. The Morgan fingerprint density at radius 3 is 2.87 bits per heavy atom. The summed E-state index contributed by atoms with van der Waals surface area (Å²) >= 11 is 0. The fraction of sp³-hybridized carbons (Fsp3) is 0.364. The van der Waals surface area contributed by atoms with Gasteiger partial charge in [0, 0.05) is 45.2 Å². The van der Waals surface area contributed by atoms with Gasteiger partial charge in [0.25, 0.3) is 0 Å². The molecule has 0 atom stereocenters. The van der Waals surface area contributed by atoms with E-state index in [1.807, 2.05) is 19.3 Å². The SMILES string of the molecule is CN1CCOc2c1cnn1c(-c3ccc4cccc(CN5CCNCC5)c4n3)nnc21. The van der Waals surface area contributed by atoms with Crippen LogP contribution in [0.25, 0.3) is 28.1 Å². The molecule has 1 saturated heterocycles. The Morgan fingerprint density at radius 1 is 1.06 bits per heavy atom. The number of piperazine rings is 1. The third kappa shape index (κ3) is 3.17. The first-order valence-corrected chi connectivity index (χ1v) is 10.7. The zero-order valence-corrected chi connectivity index (χ0v) is 17.5. The molecule has 3 aromatic heterocycles. The number of likely N-dealkylation sites (N-methyl/N-ethyl adjacent to an activating group) is 1. The molecule has 0 aliphatic carbocycles. The molecule has 5 heterocycles.